The number of nitrogens with one attached hydrogen (secondary N) is 1. The van der Waals surface area contributed by atoms with E-state index in [-0.39, 0.29) is 11.3 Å². The van der Waals surface area contributed by atoms with Gasteiger partial charge in [0.2, 0.25) is 5.95 Å². The van der Waals surface area contributed by atoms with E-state index in [9.17, 15) is 9.59 Å². The van der Waals surface area contributed by atoms with Crippen LogP contribution in [0.15, 0.2) is 35.6 Å². The van der Waals surface area contributed by atoms with Gasteiger partial charge in [-0.15, -0.1) is 0 Å². The lowest BCUT2D eigenvalue weighted by Crippen LogP contribution is -2.15. The molecule has 0 saturated carbocycles. The Balaban J connectivity index is 1.81. The molecule has 3 rings (SSSR count). The van der Waals surface area contributed by atoms with Gasteiger partial charge in [-0.2, -0.15) is 5.10 Å². The van der Waals surface area contributed by atoms with Crippen molar-refractivity contribution in [3.05, 3.63) is 63.9 Å². The molecule has 0 aliphatic heterocycles. The van der Waals surface area contributed by atoms with Crippen LogP contribution in [0.25, 0.3) is 5.95 Å². The van der Waals surface area contributed by atoms with E-state index in [4.69, 9.17) is 0 Å². The number of Topliss-reactive ketones (excluding diaryl/α,β-unsaturated/α-hetero) is 1. The molecule has 0 atom stereocenters. The highest BCUT2D eigenvalue weighted by Gasteiger charge is 2.16. The van der Waals surface area contributed by atoms with E-state index in [1.54, 1.807) is 32.4 Å². The third kappa shape index (κ3) is 3.27. The van der Waals surface area contributed by atoms with Crippen LogP contribution in [-0.2, 0) is 6.42 Å². The Hall–Kier alpha value is -3.16. The summed E-state index contributed by atoms with van der Waals surface area (Å²) < 4.78 is 1.46. The zero-order chi connectivity index (χ0) is 17.1. The molecule has 0 aliphatic rings. The average molecular weight is 324 g/mol. The molecule has 0 aromatic carbocycles. The molecular formula is C16H16N6O2. The predicted octanol–water partition coefficient (Wildman–Crippen LogP) is 1.18. The Morgan fingerprint density at radius 2 is 2.08 bits per heavy atom. The smallest absolute Gasteiger partial charge is 0.252 e. The maximum absolute atomic E-state index is 12.4. The van der Waals surface area contributed by atoms with Crippen LogP contribution in [-0.4, -0.2) is 35.5 Å². The summed E-state index contributed by atoms with van der Waals surface area (Å²) in [6.07, 6.45) is 7.15. The van der Waals surface area contributed by atoms with Crippen LogP contribution in [0, 0.1) is 13.8 Å². The largest absolute Gasteiger partial charge is 0.294 e. The fourth-order valence-corrected chi connectivity index (χ4v) is 2.40. The maximum atomic E-state index is 12.4. The van der Waals surface area contributed by atoms with Crippen LogP contribution >= 0.6 is 0 Å². The van der Waals surface area contributed by atoms with Crippen molar-refractivity contribution in [3.63, 3.8) is 0 Å². The van der Waals surface area contributed by atoms with Gasteiger partial charge in [0, 0.05) is 36.8 Å². The van der Waals surface area contributed by atoms with Crippen LogP contribution in [0.4, 0.5) is 0 Å². The summed E-state index contributed by atoms with van der Waals surface area (Å²) in [5.74, 6) is 0.255. The molecule has 0 unspecified atom stereocenters. The van der Waals surface area contributed by atoms with Crippen molar-refractivity contribution in [1.82, 2.24) is 29.7 Å². The Morgan fingerprint density at radius 1 is 1.25 bits per heavy atom. The SMILES string of the molecule is Cc1cc(=O)[nH]c(-n2ncc(C(=O)CCc3cnccn3)c2C)n1. The number of carbonyl (C=O) groups excluding carboxylic acids is 1. The fraction of sp³-hybridized carbons (Fsp3) is 0.250. The second-order valence-electron chi connectivity index (χ2n) is 5.39. The van der Waals surface area contributed by atoms with Crippen LogP contribution in [0.3, 0.4) is 0 Å². The number of ketones is 1. The van der Waals surface area contributed by atoms with Gasteiger partial charge in [-0.1, -0.05) is 0 Å². The number of aromatic nitrogens is 6. The van der Waals surface area contributed by atoms with E-state index >= 15 is 0 Å². The number of nitrogens with zero attached hydrogens (tertiary/aromatic N) is 5. The van der Waals surface area contributed by atoms with Gasteiger partial charge in [-0.05, 0) is 20.3 Å². The number of hydrogen-bond acceptors (Lipinski definition) is 6. The average Bonchev–Trinajstić information content (AvgIpc) is 2.94. The molecule has 3 heterocycles. The van der Waals surface area contributed by atoms with Gasteiger partial charge in [0.15, 0.2) is 5.78 Å². The van der Waals surface area contributed by atoms with Gasteiger partial charge in [-0.25, -0.2) is 9.67 Å². The third-order valence-electron chi connectivity index (χ3n) is 3.59. The van der Waals surface area contributed by atoms with Gasteiger partial charge < -0.3 is 0 Å². The number of H-pyrrole nitrogens is 1. The van der Waals surface area contributed by atoms with Crippen LogP contribution in [0.2, 0.25) is 0 Å². The van der Waals surface area contributed by atoms with Gasteiger partial charge in [-0.3, -0.25) is 24.5 Å². The summed E-state index contributed by atoms with van der Waals surface area (Å²) >= 11 is 0. The third-order valence-corrected chi connectivity index (χ3v) is 3.59. The van der Waals surface area contributed by atoms with Crippen molar-refractivity contribution in [2.75, 3.05) is 0 Å². The number of aromatic amines is 1. The minimum absolute atomic E-state index is 0.0422. The molecule has 0 saturated heterocycles. The first-order valence-electron chi connectivity index (χ1n) is 7.45. The summed E-state index contributed by atoms with van der Waals surface area (Å²) in [5.41, 5.74) is 2.22. The quantitative estimate of drug-likeness (QED) is 0.706. The Bertz CT molecular complexity index is 929. The summed E-state index contributed by atoms with van der Waals surface area (Å²) in [5, 5.41) is 4.18. The summed E-state index contributed by atoms with van der Waals surface area (Å²) in [7, 11) is 0. The topological polar surface area (TPSA) is 106 Å². The molecule has 8 nitrogen and oxygen atoms in total. The zero-order valence-electron chi connectivity index (χ0n) is 13.4. The Labute approximate surface area is 137 Å². The second kappa shape index (κ2) is 6.53. The van der Waals surface area contributed by atoms with Crippen molar-refractivity contribution >= 4 is 5.78 Å². The van der Waals surface area contributed by atoms with E-state index in [0.29, 0.717) is 35.7 Å². The standard InChI is InChI=1S/C16H16N6O2/c1-10-7-15(24)21-16(20-10)22-11(2)13(9-19-22)14(23)4-3-12-8-17-5-6-18-12/h5-9H,3-4H2,1-2H3,(H,20,21,24). The highest BCUT2D eigenvalue weighted by molar-refractivity contribution is 5.97. The minimum atomic E-state index is -0.261. The Kier molecular flexibility index (Phi) is 4.28. The molecule has 0 aliphatic carbocycles. The molecule has 0 radical (unpaired) electrons. The molecule has 3 aromatic heterocycles. The molecule has 8 heteroatoms. The fourth-order valence-electron chi connectivity index (χ4n) is 2.40. The highest BCUT2D eigenvalue weighted by atomic mass is 16.1. The number of aryl methyl sites for hydroxylation is 2. The molecule has 3 aromatic rings. The molecule has 0 fully saturated rings. The van der Waals surface area contributed by atoms with E-state index in [1.165, 1.54) is 16.9 Å². The van der Waals surface area contributed by atoms with E-state index in [0.717, 1.165) is 5.69 Å². The molecule has 0 bridgehead atoms. The van der Waals surface area contributed by atoms with E-state index in [1.807, 2.05) is 0 Å². The summed E-state index contributed by atoms with van der Waals surface area (Å²) in [4.78, 5) is 39.0. The number of carbonyl (C=O) groups is 1. The van der Waals surface area contributed by atoms with Crippen molar-refractivity contribution < 1.29 is 4.79 Å². The van der Waals surface area contributed by atoms with Crippen LogP contribution in [0.1, 0.15) is 33.9 Å². The van der Waals surface area contributed by atoms with Gasteiger partial charge >= 0.3 is 0 Å². The highest BCUT2D eigenvalue weighted by Crippen LogP contribution is 2.14. The predicted molar refractivity (Wildman–Crippen MR) is 86.1 cm³/mol. The van der Waals surface area contributed by atoms with E-state index in [2.05, 4.69) is 25.0 Å². The maximum Gasteiger partial charge on any atom is 0.252 e. The Morgan fingerprint density at radius 3 is 2.79 bits per heavy atom. The first kappa shape index (κ1) is 15.7. The molecule has 0 amide bonds. The first-order chi connectivity index (χ1) is 11.5. The summed E-state index contributed by atoms with van der Waals surface area (Å²) in [6.45, 7) is 3.50. The lowest BCUT2D eigenvalue weighted by molar-refractivity contribution is 0.0982. The zero-order valence-corrected chi connectivity index (χ0v) is 13.4. The van der Waals surface area contributed by atoms with Crippen LogP contribution in [0.5, 0.6) is 0 Å². The molecule has 1 N–H and O–H groups in total. The monoisotopic (exact) mass is 324 g/mol. The lowest BCUT2D eigenvalue weighted by Gasteiger charge is -2.05. The van der Waals surface area contributed by atoms with Crippen molar-refractivity contribution in [2.24, 2.45) is 0 Å². The van der Waals surface area contributed by atoms with Gasteiger partial charge in [0.1, 0.15) is 0 Å². The van der Waals surface area contributed by atoms with Crippen LogP contribution < -0.4 is 5.56 Å². The van der Waals surface area contributed by atoms with E-state index < -0.39 is 0 Å². The molecule has 0 spiro atoms. The molecule has 24 heavy (non-hydrogen) atoms. The number of hydrogen-bond donors (Lipinski definition) is 1. The van der Waals surface area contributed by atoms with Crippen molar-refractivity contribution in [1.29, 1.82) is 0 Å². The van der Waals surface area contributed by atoms with Gasteiger partial charge in [0.25, 0.3) is 5.56 Å². The normalized spacial score (nSPS) is 10.8. The summed E-state index contributed by atoms with van der Waals surface area (Å²) in [6, 6.07) is 1.40. The van der Waals surface area contributed by atoms with Crippen molar-refractivity contribution in [3.8, 4) is 5.95 Å². The minimum Gasteiger partial charge on any atom is -0.294 e. The molecular weight excluding hydrogens is 308 g/mol. The lowest BCUT2D eigenvalue weighted by atomic mass is 10.1. The second-order valence-corrected chi connectivity index (χ2v) is 5.39. The van der Waals surface area contributed by atoms with Crippen molar-refractivity contribution in [2.45, 2.75) is 26.7 Å². The molecule has 122 valence electrons. The first-order valence-corrected chi connectivity index (χ1v) is 7.45. The van der Waals surface area contributed by atoms with Gasteiger partial charge in [0.05, 0.1) is 23.1 Å². The number of rotatable bonds is 5.